The van der Waals surface area contributed by atoms with E-state index in [1.807, 2.05) is 0 Å². The van der Waals surface area contributed by atoms with Gasteiger partial charge in [-0.1, -0.05) is 12.8 Å². The highest BCUT2D eigenvalue weighted by molar-refractivity contribution is 7.60. The number of rotatable bonds is 15. The molecule has 13 heteroatoms. The molecule has 2 rings (SSSR count). The van der Waals surface area contributed by atoms with Crippen LogP contribution in [0, 0.1) is 0 Å². The summed E-state index contributed by atoms with van der Waals surface area (Å²) < 4.78 is 29.4. The van der Waals surface area contributed by atoms with E-state index in [0.29, 0.717) is 13.1 Å². The van der Waals surface area contributed by atoms with Crippen molar-refractivity contribution in [1.82, 2.24) is 14.9 Å². The lowest BCUT2D eigenvalue weighted by molar-refractivity contribution is -0.218. The number of unbranched alkanes of at least 4 members (excludes halogenated alkanes) is 3. The van der Waals surface area contributed by atoms with Crippen molar-refractivity contribution in [3.63, 3.8) is 0 Å². The number of nitrogens with one attached hydrogen (secondary N) is 2. The van der Waals surface area contributed by atoms with E-state index < -0.39 is 37.2 Å². The summed E-state index contributed by atoms with van der Waals surface area (Å²) in [6.07, 6.45) is 6.05. The van der Waals surface area contributed by atoms with Crippen LogP contribution in [0.1, 0.15) is 43.9 Å². The second-order valence-electron chi connectivity index (χ2n) is 7.83. The van der Waals surface area contributed by atoms with Gasteiger partial charge in [-0.2, -0.15) is 0 Å². The molecule has 0 bridgehead atoms. The van der Waals surface area contributed by atoms with Crippen LogP contribution in [0.25, 0.3) is 6.08 Å². The van der Waals surface area contributed by atoms with Crippen LogP contribution in [0.3, 0.4) is 0 Å². The molecule has 0 spiro atoms. The average Bonchev–Trinajstić information content (AvgIpc) is 3.27. The minimum Gasteiger partial charge on any atom is -0.631 e. The first-order valence-corrected chi connectivity index (χ1v) is 12.7. The summed E-state index contributed by atoms with van der Waals surface area (Å²) in [6.45, 7) is 1.23. The van der Waals surface area contributed by atoms with Gasteiger partial charge in [0.1, 0.15) is 13.7 Å². The number of aromatic amines is 1. The van der Waals surface area contributed by atoms with Crippen molar-refractivity contribution < 1.29 is 29.6 Å². The van der Waals surface area contributed by atoms with Crippen molar-refractivity contribution in [3.05, 3.63) is 38.7 Å². The lowest BCUT2D eigenvalue weighted by Crippen LogP contribution is -2.34. The Morgan fingerprint density at radius 1 is 1.35 bits per heavy atom. The summed E-state index contributed by atoms with van der Waals surface area (Å²) in [4.78, 5) is 52.1. The van der Waals surface area contributed by atoms with Crippen molar-refractivity contribution in [1.29, 1.82) is 0 Å². The number of carbonyl (C=O) groups excluding carboxylic acids is 1. The van der Waals surface area contributed by atoms with E-state index in [2.05, 4.69) is 16.0 Å². The molecule has 34 heavy (non-hydrogen) atoms. The molecule has 192 valence electrons. The highest BCUT2D eigenvalue weighted by Gasteiger charge is 2.52. The predicted octanol–water partition coefficient (Wildman–Crippen LogP) is -0.0967. The van der Waals surface area contributed by atoms with Gasteiger partial charge in [0.2, 0.25) is 13.9 Å². The zero-order valence-corrected chi connectivity index (χ0v) is 20.7. The summed E-state index contributed by atoms with van der Waals surface area (Å²) in [5.41, 5.74) is 0.385. The number of nitrogens with two attached hydrogens (primary N) is 1. The van der Waals surface area contributed by atoms with Crippen LogP contribution >= 0.6 is 7.94 Å². The number of hydrogen-bond acceptors (Lipinski definition) is 9. The van der Waals surface area contributed by atoms with Gasteiger partial charge in [-0.05, 0) is 25.5 Å². The van der Waals surface area contributed by atoms with Crippen LogP contribution in [-0.2, 0) is 23.3 Å². The van der Waals surface area contributed by atoms with Crippen molar-refractivity contribution >= 4 is 19.9 Å². The van der Waals surface area contributed by atoms with Crippen LogP contribution in [-0.4, -0.2) is 68.2 Å². The van der Waals surface area contributed by atoms with Crippen LogP contribution in [0.15, 0.2) is 21.9 Å². The van der Waals surface area contributed by atoms with Gasteiger partial charge in [0, 0.05) is 32.3 Å². The second-order valence-corrected chi connectivity index (χ2v) is 10.3. The molecule has 3 unspecified atom stereocenters. The summed E-state index contributed by atoms with van der Waals surface area (Å²) in [6, 6.07) is 0. The van der Waals surface area contributed by atoms with E-state index in [1.54, 1.807) is 0 Å². The average molecular weight is 505 g/mol. The highest BCUT2D eigenvalue weighted by Crippen LogP contribution is 2.61. The lowest BCUT2D eigenvalue weighted by atomic mass is 10.2. The molecule has 1 fully saturated rings. The normalized spacial score (nSPS) is 21.2. The van der Waals surface area contributed by atoms with Gasteiger partial charge in [0.15, 0.2) is 5.66 Å². The lowest BCUT2D eigenvalue weighted by Gasteiger charge is -2.31. The number of hydrogen-bond donors (Lipinski definition) is 3. The standard InChI is InChI=1S/C21H35N4O8P/c1-30-14-16-17(34(29,31-2)32-3)12-19(33-16)25-13-15(20(27)24-21(25)28)8-9-18(26)23-11-7-5-4-6-10-22/h8-9,13,16-17,19H,4-7,10-12,14,22H2,1-3H3,(H,23,26)(H,24,27,28)/b9-8+/i/hT. The Morgan fingerprint density at radius 3 is 2.76 bits per heavy atom. The second kappa shape index (κ2) is 13.8. The number of carbonyl (C=O) groups is 1. The minimum atomic E-state index is -3.53. The topological polar surface area (TPSA) is 170 Å². The smallest absolute Gasteiger partial charge is 0.330 e. The summed E-state index contributed by atoms with van der Waals surface area (Å²) in [5, 5.41) is 2.74. The minimum absolute atomic E-state index is 0.0830. The maximum atomic E-state index is 13.0. The Morgan fingerprint density at radius 2 is 2.09 bits per heavy atom. The Balaban J connectivity index is 2.08. The Labute approximate surface area is 200 Å². The van der Waals surface area contributed by atoms with Gasteiger partial charge < -0.3 is 25.4 Å². The zero-order chi connectivity index (χ0) is 25.8. The zero-order valence-electron chi connectivity index (χ0n) is 20.8. The Kier molecular flexibility index (Phi) is 10.9. The maximum absolute atomic E-state index is 13.0. The molecule has 0 radical (unpaired) electrons. The van der Waals surface area contributed by atoms with E-state index >= 15 is 0 Å². The van der Waals surface area contributed by atoms with Gasteiger partial charge in [-0.3, -0.25) is 19.1 Å². The molecule has 1 aromatic heterocycles. The van der Waals surface area contributed by atoms with E-state index in [-0.39, 0.29) is 24.5 Å². The summed E-state index contributed by atoms with van der Waals surface area (Å²) in [7, 11) is 0.493. The molecular formula is C21H35N4O8P. The number of H-pyrrole nitrogens is 1. The van der Waals surface area contributed by atoms with E-state index in [0.717, 1.165) is 25.7 Å². The molecule has 1 amide bonds. The molecule has 4 N–H and O–H groups in total. The Hall–Kier alpha value is -1.92. The van der Waals surface area contributed by atoms with Gasteiger partial charge >= 0.3 is 5.69 Å². The largest absolute Gasteiger partial charge is 0.631 e. The molecule has 12 nitrogen and oxygen atoms in total. The molecule has 3 atom stereocenters. The summed E-state index contributed by atoms with van der Waals surface area (Å²) >= 11 is 0. The number of nitrogens with zero attached hydrogens (tertiary/aromatic N) is 1. The first-order valence-electron chi connectivity index (χ1n) is 11.6. The quantitative estimate of drug-likeness (QED) is 0.168. The Bertz CT molecular complexity index is 952. The SMILES string of the molecule is [3H]NCCCCCCNC(=O)/C=C/c1cn(C2CC([P+]([O-])(OC)OC)C(COC)O2)c(=O)[nH]c1=O. The van der Waals surface area contributed by atoms with Crippen LogP contribution in [0.5, 0.6) is 0 Å². The number of aromatic nitrogens is 2. The predicted molar refractivity (Wildman–Crippen MR) is 126 cm³/mol. The molecule has 1 aromatic rings. The van der Waals surface area contributed by atoms with Gasteiger partial charge in [0.05, 0.1) is 26.4 Å². The fourth-order valence-corrected chi connectivity index (χ4v) is 5.44. The first-order chi connectivity index (χ1) is 16.8. The molecule has 0 aliphatic carbocycles. The maximum Gasteiger partial charge on any atom is 0.330 e. The van der Waals surface area contributed by atoms with Crippen molar-refractivity contribution in [2.45, 2.75) is 50.1 Å². The summed E-state index contributed by atoms with van der Waals surface area (Å²) in [5.74, 6) is -0.367. The van der Waals surface area contributed by atoms with Crippen molar-refractivity contribution in [2.24, 2.45) is 5.73 Å². The van der Waals surface area contributed by atoms with Gasteiger partial charge in [-0.25, -0.2) is 13.8 Å². The molecular weight excluding hydrogens is 467 g/mol. The third kappa shape index (κ3) is 7.54. The molecule has 1 aliphatic rings. The van der Waals surface area contributed by atoms with Crippen molar-refractivity contribution in [2.75, 3.05) is 41.0 Å². The molecule has 1 aliphatic heterocycles. The first kappa shape index (κ1) is 26.7. The van der Waals surface area contributed by atoms with Crippen molar-refractivity contribution in [3.8, 4) is 0 Å². The number of ether oxygens (including phenoxy) is 2. The van der Waals surface area contributed by atoms with Crippen LogP contribution in [0.4, 0.5) is 0 Å². The molecule has 2 heterocycles. The monoisotopic (exact) mass is 504 g/mol. The number of amides is 1. The van der Waals surface area contributed by atoms with E-state index in [9.17, 15) is 19.3 Å². The fourth-order valence-electron chi connectivity index (χ4n) is 3.75. The third-order valence-corrected chi connectivity index (χ3v) is 7.95. The number of methoxy groups -OCH3 is 1. The van der Waals surface area contributed by atoms with Gasteiger partial charge in [0.25, 0.3) is 5.56 Å². The molecule has 1 saturated heterocycles. The van der Waals surface area contributed by atoms with Gasteiger partial charge in [-0.15, -0.1) is 0 Å². The third-order valence-electron chi connectivity index (χ3n) is 5.57. The molecule has 0 aromatic carbocycles. The van der Waals surface area contributed by atoms with Crippen LogP contribution < -0.4 is 27.2 Å². The fraction of sp³-hybridized carbons (Fsp3) is 0.667. The molecule has 0 saturated carbocycles. The van der Waals surface area contributed by atoms with Crippen LogP contribution in [0.2, 0.25) is 1.41 Å². The highest BCUT2D eigenvalue weighted by atomic mass is 31.2. The van der Waals surface area contributed by atoms with E-state index in [4.69, 9.17) is 19.9 Å². The van der Waals surface area contributed by atoms with E-state index in [1.165, 1.54) is 44.2 Å².